The van der Waals surface area contributed by atoms with E-state index >= 15 is 0 Å². The maximum atomic E-state index is 10.6. The second-order valence-electron chi connectivity index (χ2n) is 4.30. The lowest BCUT2D eigenvalue weighted by atomic mass is 10.1. The summed E-state index contributed by atoms with van der Waals surface area (Å²) in [5, 5.41) is 20.6. The SMILES string of the molecule is O=Cc1ccc(-c2nnn(CCCCC(=O)O)n2)cc1. The second kappa shape index (κ2) is 6.55. The summed E-state index contributed by atoms with van der Waals surface area (Å²) in [6.45, 7) is 0.534. The van der Waals surface area contributed by atoms with Crippen LogP contribution in [0.25, 0.3) is 11.4 Å². The van der Waals surface area contributed by atoms with Crippen LogP contribution in [-0.4, -0.2) is 37.6 Å². The third-order valence-electron chi connectivity index (χ3n) is 2.76. The number of carboxylic acids is 1. The molecule has 0 atom stereocenters. The van der Waals surface area contributed by atoms with Gasteiger partial charge >= 0.3 is 5.97 Å². The molecule has 1 aromatic heterocycles. The van der Waals surface area contributed by atoms with E-state index < -0.39 is 5.97 Å². The largest absolute Gasteiger partial charge is 0.481 e. The maximum absolute atomic E-state index is 10.6. The first-order valence-electron chi connectivity index (χ1n) is 6.24. The Bertz CT molecular complexity index is 592. The topological polar surface area (TPSA) is 98.0 Å². The van der Waals surface area contributed by atoms with Gasteiger partial charge in [0.1, 0.15) is 6.29 Å². The Kier molecular flexibility index (Phi) is 4.54. The lowest BCUT2D eigenvalue weighted by Gasteiger charge is -1.97. The molecule has 0 bridgehead atoms. The van der Waals surface area contributed by atoms with Crippen molar-refractivity contribution in [1.29, 1.82) is 0 Å². The van der Waals surface area contributed by atoms with Gasteiger partial charge in [0.15, 0.2) is 0 Å². The van der Waals surface area contributed by atoms with Crippen LogP contribution in [-0.2, 0) is 11.3 Å². The first-order chi connectivity index (χ1) is 9.69. The molecule has 1 aromatic carbocycles. The number of carboxylic acid groups (broad SMARTS) is 1. The molecule has 0 fully saturated rings. The maximum Gasteiger partial charge on any atom is 0.303 e. The van der Waals surface area contributed by atoms with Gasteiger partial charge in [-0.2, -0.15) is 4.80 Å². The molecule has 0 saturated heterocycles. The first kappa shape index (κ1) is 13.9. The highest BCUT2D eigenvalue weighted by Crippen LogP contribution is 2.13. The van der Waals surface area contributed by atoms with Crippen molar-refractivity contribution in [3.05, 3.63) is 29.8 Å². The number of rotatable bonds is 7. The van der Waals surface area contributed by atoms with Crippen molar-refractivity contribution in [2.45, 2.75) is 25.8 Å². The van der Waals surface area contributed by atoms with E-state index in [1.54, 1.807) is 24.3 Å². The average Bonchev–Trinajstić information content (AvgIpc) is 2.92. The summed E-state index contributed by atoms with van der Waals surface area (Å²) in [4.78, 5) is 22.4. The van der Waals surface area contributed by atoms with Crippen LogP contribution in [0.15, 0.2) is 24.3 Å². The van der Waals surface area contributed by atoms with Crippen LogP contribution in [0.3, 0.4) is 0 Å². The Morgan fingerprint density at radius 3 is 2.65 bits per heavy atom. The van der Waals surface area contributed by atoms with Gasteiger partial charge in [-0.1, -0.05) is 24.3 Å². The van der Waals surface area contributed by atoms with E-state index in [2.05, 4.69) is 15.4 Å². The predicted octanol–water partition coefficient (Wildman–Crippen LogP) is 1.41. The quantitative estimate of drug-likeness (QED) is 0.605. The number of hydrogen-bond acceptors (Lipinski definition) is 5. The first-order valence-corrected chi connectivity index (χ1v) is 6.24. The van der Waals surface area contributed by atoms with Crippen LogP contribution in [0.5, 0.6) is 0 Å². The lowest BCUT2D eigenvalue weighted by Crippen LogP contribution is -2.04. The van der Waals surface area contributed by atoms with Gasteiger partial charge in [0.25, 0.3) is 0 Å². The zero-order chi connectivity index (χ0) is 14.4. The molecule has 0 aliphatic rings. The minimum Gasteiger partial charge on any atom is -0.481 e. The van der Waals surface area contributed by atoms with Crippen molar-refractivity contribution in [3.8, 4) is 11.4 Å². The van der Waals surface area contributed by atoms with Gasteiger partial charge in [-0.05, 0) is 18.1 Å². The van der Waals surface area contributed by atoms with E-state index in [0.717, 1.165) is 11.8 Å². The van der Waals surface area contributed by atoms with Crippen LogP contribution < -0.4 is 0 Å². The molecule has 0 radical (unpaired) electrons. The van der Waals surface area contributed by atoms with Gasteiger partial charge < -0.3 is 5.11 Å². The highest BCUT2D eigenvalue weighted by atomic mass is 16.4. The number of aldehydes is 1. The van der Waals surface area contributed by atoms with Crippen molar-refractivity contribution >= 4 is 12.3 Å². The van der Waals surface area contributed by atoms with Gasteiger partial charge in [-0.25, -0.2) is 0 Å². The molecule has 20 heavy (non-hydrogen) atoms. The Labute approximate surface area is 115 Å². The Morgan fingerprint density at radius 2 is 2.00 bits per heavy atom. The van der Waals surface area contributed by atoms with Gasteiger partial charge in [0.2, 0.25) is 5.82 Å². The van der Waals surface area contributed by atoms with Gasteiger partial charge in [-0.15, -0.1) is 10.2 Å². The molecule has 1 heterocycles. The van der Waals surface area contributed by atoms with Gasteiger partial charge in [-0.3, -0.25) is 9.59 Å². The number of nitrogens with zero attached hydrogens (tertiary/aromatic N) is 4. The number of carbonyl (C=O) groups excluding carboxylic acids is 1. The van der Waals surface area contributed by atoms with Crippen molar-refractivity contribution in [1.82, 2.24) is 20.2 Å². The summed E-state index contributed by atoms with van der Waals surface area (Å²) >= 11 is 0. The normalized spacial score (nSPS) is 10.4. The standard InChI is InChI=1S/C13H14N4O3/c18-9-10-4-6-11(7-5-10)13-14-16-17(15-13)8-2-1-3-12(19)20/h4-7,9H,1-3,8H2,(H,19,20). The third kappa shape index (κ3) is 3.71. The van der Waals surface area contributed by atoms with E-state index in [1.165, 1.54) is 4.80 Å². The number of carbonyl (C=O) groups is 2. The zero-order valence-electron chi connectivity index (χ0n) is 10.8. The monoisotopic (exact) mass is 274 g/mol. The number of hydrogen-bond donors (Lipinski definition) is 1. The number of tetrazole rings is 1. The van der Waals surface area contributed by atoms with E-state index in [-0.39, 0.29) is 6.42 Å². The summed E-state index contributed by atoms with van der Waals surface area (Å²) in [5.41, 5.74) is 1.38. The molecule has 0 unspecified atom stereocenters. The second-order valence-corrected chi connectivity index (χ2v) is 4.30. The van der Waals surface area contributed by atoms with Crippen molar-refractivity contribution in [3.63, 3.8) is 0 Å². The van der Waals surface area contributed by atoms with Crippen LogP contribution >= 0.6 is 0 Å². The fraction of sp³-hybridized carbons (Fsp3) is 0.308. The minimum absolute atomic E-state index is 0.148. The highest BCUT2D eigenvalue weighted by Gasteiger charge is 2.06. The van der Waals surface area contributed by atoms with E-state index in [4.69, 9.17) is 5.11 Å². The molecular weight excluding hydrogens is 260 g/mol. The summed E-state index contributed by atoms with van der Waals surface area (Å²) in [6, 6.07) is 6.90. The van der Waals surface area contributed by atoms with Crippen molar-refractivity contribution < 1.29 is 14.7 Å². The van der Waals surface area contributed by atoms with Gasteiger partial charge in [0, 0.05) is 17.5 Å². The fourth-order valence-corrected chi connectivity index (χ4v) is 1.69. The number of benzene rings is 1. The predicted molar refractivity (Wildman–Crippen MR) is 70.1 cm³/mol. The van der Waals surface area contributed by atoms with Crippen molar-refractivity contribution in [2.75, 3.05) is 0 Å². The van der Waals surface area contributed by atoms with Crippen LogP contribution in [0.4, 0.5) is 0 Å². The molecular formula is C13H14N4O3. The summed E-state index contributed by atoms with van der Waals surface area (Å²) in [5.74, 6) is -0.312. The fourth-order valence-electron chi connectivity index (χ4n) is 1.69. The highest BCUT2D eigenvalue weighted by molar-refractivity contribution is 5.76. The molecule has 7 heteroatoms. The van der Waals surface area contributed by atoms with E-state index in [1.807, 2.05) is 0 Å². The molecule has 7 nitrogen and oxygen atoms in total. The molecule has 1 N–H and O–H groups in total. The molecule has 2 rings (SSSR count). The Balaban J connectivity index is 1.94. The summed E-state index contributed by atoms with van der Waals surface area (Å²) in [7, 11) is 0. The minimum atomic E-state index is -0.799. The number of aromatic nitrogens is 4. The summed E-state index contributed by atoms with van der Waals surface area (Å²) < 4.78 is 0. The molecule has 0 saturated carbocycles. The molecule has 0 amide bonds. The molecule has 0 spiro atoms. The third-order valence-corrected chi connectivity index (χ3v) is 2.76. The summed E-state index contributed by atoms with van der Waals surface area (Å²) in [6.07, 6.45) is 2.19. The molecule has 0 aliphatic heterocycles. The average molecular weight is 274 g/mol. The number of unbranched alkanes of at least 4 members (excludes halogenated alkanes) is 1. The smallest absolute Gasteiger partial charge is 0.303 e. The van der Waals surface area contributed by atoms with Crippen LogP contribution in [0.2, 0.25) is 0 Å². The molecule has 2 aromatic rings. The number of aliphatic carboxylic acids is 1. The van der Waals surface area contributed by atoms with Crippen molar-refractivity contribution in [2.24, 2.45) is 0 Å². The van der Waals surface area contributed by atoms with Crippen LogP contribution in [0.1, 0.15) is 29.6 Å². The lowest BCUT2D eigenvalue weighted by molar-refractivity contribution is -0.137. The molecule has 104 valence electrons. The van der Waals surface area contributed by atoms with Crippen LogP contribution in [0, 0.1) is 0 Å². The zero-order valence-corrected chi connectivity index (χ0v) is 10.8. The van der Waals surface area contributed by atoms with Gasteiger partial charge in [0.05, 0.1) is 6.54 Å². The Hall–Kier alpha value is -2.57. The Morgan fingerprint density at radius 1 is 1.25 bits per heavy atom. The van der Waals surface area contributed by atoms with E-state index in [0.29, 0.717) is 30.8 Å². The van der Waals surface area contributed by atoms with E-state index in [9.17, 15) is 9.59 Å². The number of aryl methyl sites for hydroxylation is 1. The molecule has 0 aliphatic carbocycles.